The topological polar surface area (TPSA) is 60.8 Å². The number of amides is 1. The lowest BCUT2D eigenvalue weighted by atomic mass is 10.1. The number of terminal acetylenes is 1. The molecule has 5 heteroatoms. The highest BCUT2D eigenvalue weighted by molar-refractivity contribution is 8.43. The van der Waals surface area contributed by atoms with Gasteiger partial charge in [-0.3, -0.25) is 4.79 Å². The molecule has 0 radical (unpaired) electrons. The Morgan fingerprint density at radius 3 is 2.50 bits per heavy atom. The number of carbonyl (C=O) groups excluding carboxylic acids is 1. The average Bonchev–Trinajstić information content (AvgIpc) is 2.18. The molecule has 1 fully saturated rings. The van der Waals surface area contributed by atoms with E-state index in [9.17, 15) is 14.5 Å². The molecule has 0 aromatic carbocycles. The molecule has 0 aliphatic carbocycles. The Labute approximate surface area is 85.4 Å². The lowest BCUT2D eigenvalue weighted by Crippen LogP contribution is -2.40. The van der Waals surface area contributed by atoms with Gasteiger partial charge in [-0.1, -0.05) is 0 Å². The van der Waals surface area contributed by atoms with E-state index in [0.717, 1.165) is 0 Å². The largest absolute Gasteiger partial charge is 0.393 e. The molecule has 80 valence electrons. The summed E-state index contributed by atoms with van der Waals surface area (Å²) in [5.41, 5.74) is 0. The summed E-state index contributed by atoms with van der Waals surface area (Å²) in [7, 11) is -2.58. The van der Waals surface area contributed by atoms with Crippen LogP contribution in [-0.4, -0.2) is 45.2 Å². The predicted molar refractivity (Wildman–Crippen MR) is 57.2 cm³/mol. The van der Waals surface area contributed by atoms with Gasteiger partial charge in [0.1, 0.15) is 0 Å². The number of piperidine rings is 1. The standard InChI is InChI=1S/C9H15NO3S/c1-3-14(2,13)9(12)10-6-4-8(11)5-7-10/h1,8,11,13H,4-7H2,2H3. The Kier molecular flexibility index (Phi) is 3.43. The van der Waals surface area contributed by atoms with Crippen molar-refractivity contribution < 1.29 is 14.5 Å². The van der Waals surface area contributed by atoms with Crippen LogP contribution in [0.1, 0.15) is 12.8 Å². The van der Waals surface area contributed by atoms with Crippen LogP contribution in [0.2, 0.25) is 0 Å². The monoisotopic (exact) mass is 217 g/mol. The zero-order valence-electron chi connectivity index (χ0n) is 8.14. The second-order valence-electron chi connectivity index (χ2n) is 3.48. The summed E-state index contributed by atoms with van der Waals surface area (Å²) < 4.78 is 9.60. The first kappa shape index (κ1) is 11.4. The van der Waals surface area contributed by atoms with Crippen LogP contribution in [0.25, 0.3) is 0 Å². The van der Waals surface area contributed by atoms with Gasteiger partial charge in [0.05, 0.1) is 6.10 Å². The number of nitrogens with zero attached hydrogens (tertiary/aromatic N) is 1. The normalized spacial score (nSPS) is 24.9. The van der Waals surface area contributed by atoms with Crippen molar-refractivity contribution in [2.45, 2.75) is 18.9 Å². The third-order valence-electron chi connectivity index (χ3n) is 2.29. The van der Waals surface area contributed by atoms with Gasteiger partial charge in [-0.15, -0.1) is 6.42 Å². The molecule has 1 aliphatic rings. The van der Waals surface area contributed by atoms with E-state index in [1.165, 1.54) is 11.2 Å². The summed E-state index contributed by atoms with van der Waals surface area (Å²) in [6.07, 6.45) is 7.26. The third-order valence-corrected chi connectivity index (χ3v) is 3.69. The molecule has 4 nitrogen and oxygen atoms in total. The minimum Gasteiger partial charge on any atom is -0.393 e. The lowest BCUT2D eigenvalue weighted by molar-refractivity contribution is 0.0995. The van der Waals surface area contributed by atoms with E-state index in [2.05, 4.69) is 5.25 Å². The van der Waals surface area contributed by atoms with Gasteiger partial charge in [-0.2, -0.15) is 0 Å². The highest BCUT2D eigenvalue weighted by Gasteiger charge is 2.30. The number of rotatable bonds is 0. The van der Waals surface area contributed by atoms with Gasteiger partial charge in [-0.25, -0.2) is 0 Å². The molecule has 1 rings (SSSR count). The number of hydrogen-bond donors (Lipinski definition) is 2. The first-order valence-corrected chi connectivity index (χ1v) is 6.42. The zero-order valence-corrected chi connectivity index (χ0v) is 8.96. The molecule has 1 heterocycles. The average molecular weight is 217 g/mol. The lowest BCUT2D eigenvalue weighted by Gasteiger charge is -2.34. The highest BCUT2D eigenvalue weighted by Crippen LogP contribution is 2.40. The van der Waals surface area contributed by atoms with E-state index in [4.69, 9.17) is 6.42 Å². The minimum absolute atomic E-state index is 0.329. The fraction of sp³-hybridized carbons (Fsp3) is 0.667. The van der Waals surface area contributed by atoms with Crippen molar-refractivity contribution in [2.24, 2.45) is 0 Å². The van der Waals surface area contributed by atoms with E-state index < -0.39 is 10.3 Å². The minimum atomic E-state index is -2.58. The molecular weight excluding hydrogens is 202 g/mol. The summed E-state index contributed by atoms with van der Waals surface area (Å²) >= 11 is 0. The van der Waals surface area contributed by atoms with Crippen molar-refractivity contribution in [1.82, 2.24) is 4.90 Å². The Hall–Kier alpha value is -0.700. The van der Waals surface area contributed by atoms with Crippen molar-refractivity contribution in [3.8, 4) is 11.7 Å². The maximum absolute atomic E-state index is 11.6. The van der Waals surface area contributed by atoms with Crippen LogP contribution in [0.3, 0.4) is 0 Å². The van der Waals surface area contributed by atoms with Crippen LogP contribution >= 0.6 is 10.3 Å². The summed E-state index contributed by atoms with van der Waals surface area (Å²) in [5, 5.41) is 11.0. The van der Waals surface area contributed by atoms with Crippen molar-refractivity contribution in [3.63, 3.8) is 0 Å². The van der Waals surface area contributed by atoms with Gasteiger partial charge in [0.2, 0.25) is 0 Å². The molecule has 2 N–H and O–H groups in total. The van der Waals surface area contributed by atoms with Gasteiger partial charge >= 0.3 is 0 Å². The molecule has 0 bridgehead atoms. The second kappa shape index (κ2) is 4.22. The first-order valence-electron chi connectivity index (χ1n) is 4.42. The first-order chi connectivity index (χ1) is 6.47. The van der Waals surface area contributed by atoms with Crippen LogP contribution in [0.15, 0.2) is 0 Å². The maximum Gasteiger partial charge on any atom is 0.297 e. The Morgan fingerprint density at radius 2 is 2.07 bits per heavy atom. The van der Waals surface area contributed by atoms with Gasteiger partial charge in [-0.05, 0) is 18.1 Å². The van der Waals surface area contributed by atoms with E-state index in [1.54, 1.807) is 0 Å². The fourth-order valence-corrected chi connectivity index (χ4v) is 2.14. The molecule has 1 saturated heterocycles. The van der Waals surface area contributed by atoms with Crippen molar-refractivity contribution in [1.29, 1.82) is 0 Å². The Morgan fingerprint density at radius 1 is 1.57 bits per heavy atom. The number of aliphatic hydroxyl groups is 1. The van der Waals surface area contributed by atoms with Crippen molar-refractivity contribution in [3.05, 3.63) is 0 Å². The predicted octanol–water partition coefficient (Wildman–Crippen LogP) is 1.06. The maximum atomic E-state index is 11.6. The quantitative estimate of drug-likeness (QED) is 0.596. The van der Waals surface area contributed by atoms with E-state index in [-0.39, 0.29) is 11.3 Å². The van der Waals surface area contributed by atoms with Gasteiger partial charge in [0, 0.05) is 29.7 Å². The van der Waals surface area contributed by atoms with E-state index >= 15 is 0 Å². The van der Waals surface area contributed by atoms with Crippen LogP contribution in [0, 0.1) is 11.7 Å². The second-order valence-corrected chi connectivity index (χ2v) is 5.81. The highest BCUT2D eigenvalue weighted by atomic mass is 32.3. The molecule has 0 saturated carbocycles. The molecule has 0 aromatic heterocycles. The van der Waals surface area contributed by atoms with Crippen LogP contribution in [0.5, 0.6) is 0 Å². The molecule has 0 aromatic rings. The van der Waals surface area contributed by atoms with Gasteiger partial charge < -0.3 is 14.6 Å². The van der Waals surface area contributed by atoms with Gasteiger partial charge in [0.25, 0.3) is 5.24 Å². The molecule has 1 unspecified atom stereocenters. The van der Waals surface area contributed by atoms with E-state index in [1.807, 2.05) is 0 Å². The summed E-state index contributed by atoms with van der Waals surface area (Å²) in [5.74, 6) is 0. The van der Waals surface area contributed by atoms with Crippen molar-refractivity contribution >= 4 is 15.5 Å². The number of aliphatic hydroxyl groups excluding tert-OH is 1. The summed E-state index contributed by atoms with van der Waals surface area (Å²) in [6, 6.07) is 0. The zero-order chi connectivity index (χ0) is 10.8. The molecule has 1 amide bonds. The van der Waals surface area contributed by atoms with Crippen LogP contribution < -0.4 is 0 Å². The number of hydrogen-bond acceptors (Lipinski definition) is 3. The summed E-state index contributed by atoms with van der Waals surface area (Å²) in [4.78, 5) is 13.2. The summed E-state index contributed by atoms with van der Waals surface area (Å²) in [6.45, 7) is 0.954. The molecule has 1 atom stereocenters. The molecule has 0 spiro atoms. The van der Waals surface area contributed by atoms with Gasteiger partial charge in [0.15, 0.2) is 0 Å². The smallest absolute Gasteiger partial charge is 0.297 e. The SMILES string of the molecule is C#CS(C)(O)C(=O)N1CCC(O)CC1. The molecule has 14 heavy (non-hydrogen) atoms. The fourth-order valence-electron chi connectivity index (χ4n) is 1.35. The molecular formula is C9H15NO3S. The van der Waals surface area contributed by atoms with E-state index in [0.29, 0.717) is 25.9 Å². The van der Waals surface area contributed by atoms with Crippen LogP contribution in [0.4, 0.5) is 4.79 Å². The molecule has 1 aliphatic heterocycles. The number of carbonyl (C=O) groups is 1. The Bertz CT molecular complexity index is 264. The number of likely N-dealkylation sites (tertiary alicyclic amines) is 1. The van der Waals surface area contributed by atoms with Crippen molar-refractivity contribution in [2.75, 3.05) is 19.3 Å². The third kappa shape index (κ3) is 2.41. The Balaban J connectivity index is 2.59. The van der Waals surface area contributed by atoms with Crippen LogP contribution in [-0.2, 0) is 0 Å².